The third-order valence-corrected chi connectivity index (χ3v) is 10.9. The first-order valence-electron chi connectivity index (χ1n) is 10.7. The van der Waals surface area contributed by atoms with E-state index < -0.39 is 22.9 Å². The van der Waals surface area contributed by atoms with E-state index in [0.717, 1.165) is 11.3 Å². The Balaban J connectivity index is 2.34. The smallest absolute Gasteiger partial charge is 0.346 e. The maximum atomic E-state index is 13.0. The van der Waals surface area contributed by atoms with Crippen LogP contribution >= 0.6 is 42.1 Å². The Hall–Kier alpha value is -0.840. The Morgan fingerprint density at radius 3 is 2.12 bits per heavy atom. The molecule has 1 heterocycles. The maximum absolute atomic E-state index is 13.0. The standard InChI is InChI=1S/C21H30Cl2NO7PS2/c1-3-21(4-2,32(25,26)27)24-34(28,29)20-10-9-19(33-20)16-7-8-17(30-13-5-11-22)18(15-16)31-14-6-12-23/h7-10,15,24H,3-6,11-14H2,1-2H3,(H2,25,26,27). The number of rotatable bonds is 15. The van der Waals surface area contributed by atoms with Gasteiger partial charge < -0.3 is 19.3 Å². The molecular formula is C21H30Cl2NO7PS2. The zero-order valence-corrected chi connectivity index (χ0v) is 23.0. The largest absolute Gasteiger partial charge is 0.490 e. The lowest BCUT2D eigenvalue weighted by Crippen LogP contribution is -2.46. The lowest BCUT2D eigenvalue weighted by molar-refractivity contribution is 0.269. The second-order valence-corrected chi connectivity index (χ2v) is 13.1. The number of hydrogen-bond acceptors (Lipinski definition) is 6. The summed E-state index contributed by atoms with van der Waals surface area (Å²) in [6, 6.07) is 8.36. The minimum absolute atomic E-state index is 0.0470. The molecule has 3 N–H and O–H groups in total. The summed E-state index contributed by atoms with van der Waals surface area (Å²) in [6.07, 6.45) is 1.21. The van der Waals surface area contributed by atoms with Gasteiger partial charge in [-0.05, 0) is 61.6 Å². The molecule has 0 radical (unpaired) electrons. The molecule has 0 aliphatic heterocycles. The molecule has 0 saturated carbocycles. The molecule has 0 atom stereocenters. The van der Waals surface area contributed by atoms with Gasteiger partial charge >= 0.3 is 7.60 Å². The van der Waals surface area contributed by atoms with E-state index in [1.165, 1.54) is 19.9 Å². The molecule has 1 aromatic heterocycles. The summed E-state index contributed by atoms with van der Waals surface area (Å²) in [7, 11) is -8.92. The minimum atomic E-state index is -4.75. The molecule has 0 bridgehead atoms. The van der Waals surface area contributed by atoms with Crippen molar-refractivity contribution in [3.8, 4) is 21.9 Å². The van der Waals surface area contributed by atoms with Crippen molar-refractivity contribution in [2.45, 2.75) is 49.0 Å². The number of ether oxygens (including phenoxy) is 2. The van der Waals surface area contributed by atoms with Gasteiger partial charge in [0.15, 0.2) is 11.5 Å². The first kappa shape index (κ1) is 29.4. The monoisotopic (exact) mass is 573 g/mol. The van der Waals surface area contributed by atoms with Gasteiger partial charge in [0.2, 0.25) is 0 Å². The highest BCUT2D eigenvalue weighted by Gasteiger charge is 2.47. The van der Waals surface area contributed by atoms with Crippen molar-refractivity contribution in [2.75, 3.05) is 25.0 Å². The van der Waals surface area contributed by atoms with E-state index in [0.29, 0.717) is 59.8 Å². The van der Waals surface area contributed by atoms with Crippen LogP contribution in [0.1, 0.15) is 39.5 Å². The quantitative estimate of drug-likeness (QED) is 0.148. The van der Waals surface area contributed by atoms with Gasteiger partial charge in [-0.2, -0.15) is 4.72 Å². The van der Waals surface area contributed by atoms with Crippen LogP contribution in [0.2, 0.25) is 0 Å². The third kappa shape index (κ3) is 7.34. The van der Waals surface area contributed by atoms with Crippen molar-refractivity contribution in [3.63, 3.8) is 0 Å². The zero-order chi connectivity index (χ0) is 25.4. The molecule has 0 aliphatic rings. The highest BCUT2D eigenvalue weighted by atomic mass is 35.5. The zero-order valence-electron chi connectivity index (χ0n) is 19.0. The van der Waals surface area contributed by atoms with Crippen LogP contribution in [-0.4, -0.2) is 48.5 Å². The molecule has 2 rings (SSSR count). The average molecular weight is 574 g/mol. The van der Waals surface area contributed by atoms with Crippen LogP contribution in [-0.2, 0) is 14.6 Å². The van der Waals surface area contributed by atoms with Crippen molar-refractivity contribution in [1.29, 1.82) is 0 Å². The first-order chi connectivity index (χ1) is 16.0. The maximum Gasteiger partial charge on any atom is 0.346 e. The topological polar surface area (TPSA) is 122 Å². The highest BCUT2D eigenvalue weighted by molar-refractivity contribution is 7.92. The van der Waals surface area contributed by atoms with Crippen LogP contribution in [0.3, 0.4) is 0 Å². The molecule has 8 nitrogen and oxygen atoms in total. The molecule has 0 amide bonds. The number of hydrogen-bond donors (Lipinski definition) is 3. The summed E-state index contributed by atoms with van der Waals surface area (Å²) in [5.41, 5.74) is 0.712. The van der Waals surface area contributed by atoms with Gasteiger partial charge in [0, 0.05) is 16.6 Å². The Morgan fingerprint density at radius 1 is 1.00 bits per heavy atom. The molecular weight excluding hydrogens is 544 g/mol. The predicted molar refractivity (Wildman–Crippen MR) is 137 cm³/mol. The van der Waals surface area contributed by atoms with E-state index in [4.69, 9.17) is 32.7 Å². The lowest BCUT2D eigenvalue weighted by atomic mass is 10.1. The van der Waals surface area contributed by atoms with Gasteiger partial charge in [0.25, 0.3) is 10.0 Å². The van der Waals surface area contributed by atoms with E-state index in [9.17, 15) is 22.8 Å². The number of alkyl halides is 2. The number of nitrogens with one attached hydrogen (secondary N) is 1. The van der Waals surface area contributed by atoms with Crippen LogP contribution < -0.4 is 14.2 Å². The SMILES string of the molecule is CCC(CC)(NS(=O)(=O)c1ccc(-c2ccc(OCCCCl)c(OCCCCl)c2)s1)P(=O)(O)O. The van der Waals surface area contributed by atoms with E-state index in [2.05, 4.69) is 4.72 Å². The van der Waals surface area contributed by atoms with Crippen LogP contribution in [0.25, 0.3) is 10.4 Å². The molecule has 0 saturated heterocycles. The summed E-state index contributed by atoms with van der Waals surface area (Å²) < 4.78 is 51.8. The molecule has 13 heteroatoms. The molecule has 2 aromatic rings. The Bertz CT molecular complexity index is 1080. The molecule has 0 unspecified atom stereocenters. The average Bonchev–Trinajstić information content (AvgIpc) is 3.29. The van der Waals surface area contributed by atoms with Crippen LogP contribution in [0.4, 0.5) is 0 Å². The van der Waals surface area contributed by atoms with Gasteiger partial charge in [0.05, 0.1) is 13.2 Å². The fraction of sp³-hybridized carbons (Fsp3) is 0.524. The van der Waals surface area contributed by atoms with Gasteiger partial charge in [-0.1, -0.05) is 13.8 Å². The number of sulfonamides is 1. The lowest BCUT2D eigenvalue weighted by Gasteiger charge is -2.32. The normalized spacial score (nSPS) is 12.6. The third-order valence-electron chi connectivity index (χ3n) is 5.20. The first-order valence-corrected chi connectivity index (χ1v) is 15.7. The Kier molecular flexibility index (Phi) is 11.2. The van der Waals surface area contributed by atoms with Crippen molar-refractivity contribution >= 4 is 52.2 Å². The van der Waals surface area contributed by atoms with Gasteiger partial charge in [-0.25, -0.2) is 8.42 Å². The second-order valence-electron chi connectivity index (χ2n) is 7.45. The minimum Gasteiger partial charge on any atom is -0.490 e. The van der Waals surface area contributed by atoms with Gasteiger partial charge in [-0.15, -0.1) is 34.5 Å². The number of halogens is 2. The highest BCUT2D eigenvalue weighted by Crippen LogP contribution is 2.53. The molecule has 1 aromatic carbocycles. The Labute approximate surface area is 214 Å². The summed E-state index contributed by atoms with van der Waals surface area (Å²) in [6.45, 7) is 3.89. The molecule has 0 fully saturated rings. The van der Waals surface area contributed by atoms with Crippen molar-refractivity contribution in [1.82, 2.24) is 4.72 Å². The fourth-order valence-electron chi connectivity index (χ4n) is 3.15. The molecule has 34 heavy (non-hydrogen) atoms. The van der Waals surface area contributed by atoms with Gasteiger partial charge in [0.1, 0.15) is 9.49 Å². The fourth-order valence-corrected chi connectivity index (χ4v) is 7.73. The summed E-state index contributed by atoms with van der Waals surface area (Å²) >= 11 is 12.4. The molecule has 192 valence electrons. The van der Waals surface area contributed by atoms with E-state index in [1.807, 2.05) is 0 Å². The second kappa shape index (κ2) is 12.9. The van der Waals surface area contributed by atoms with E-state index in [-0.39, 0.29) is 17.1 Å². The summed E-state index contributed by atoms with van der Waals surface area (Å²) in [5.74, 6) is 1.98. The van der Waals surface area contributed by atoms with Crippen molar-refractivity contribution < 1.29 is 32.2 Å². The molecule has 0 spiro atoms. The van der Waals surface area contributed by atoms with Crippen molar-refractivity contribution in [3.05, 3.63) is 30.3 Å². The van der Waals surface area contributed by atoms with E-state index >= 15 is 0 Å². The number of thiophene rings is 1. The number of benzene rings is 1. The molecule has 0 aliphatic carbocycles. The van der Waals surface area contributed by atoms with Crippen LogP contribution in [0, 0.1) is 0 Å². The van der Waals surface area contributed by atoms with E-state index in [1.54, 1.807) is 24.3 Å². The Morgan fingerprint density at radius 2 is 1.59 bits per heavy atom. The van der Waals surface area contributed by atoms with Crippen LogP contribution in [0.5, 0.6) is 11.5 Å². The van der Waals surface area contributed by atoms with Gasteiger partial charge in [-0.3, -0.25) is 4.57 Å². The van der Waals surface area contributed by atoms with Crippen LogP contribution in [0.15, 0.2) is 34.5 Å². The van der Waals surface area contributed by atoms with Crippen molar-refractivity contribution in [2.24, 2.45) is 0 Å². The summed E-state index contributed by atoms with van der Waals surface area (Å²) in [4.78, 5) is 20.2. The predicted octanol–water partition coefficient (Wildman–Crippen LogP) is 5.40. The summed E-state index contributed by atoms with van der Waals surface area (Å²) in [5, 5.41) is -1.86.